The van der Waals surface area contributed by atoms with Crippen molar-refractivity contribution in [1.29, 1.82) is 0 Å². The van der Waals surface area contributed by atoms with Gasteiger partial charge in [-0.05, 0) is 36.8 Å². The molecule has 1 heterocycles. The van der Waals surface area contributed by atoms with Gasteiger partial charge in [0.15, 0.2) is 0 Å². The Kier molecular flexibility index (Phi) is 5.80. The summed E-state index contributed by atoms with van der Waals surface area (Å²) >= 11 is 0. The lowest BCUT2D eigenvalue weighted by Crippen LogP contribution is -2.48. The van der Waals surface area contributed by atoms with Crippen molar-refractivity contribution in [2.45, 2.75) is 24.2 Å². The summed E-state index contributed by atoms with van der Waals surface area (Å²) in [7, 11) is -4.54. The standard InChI is InChI=1S/C19H18F6N2O2S/c1-13-4-2-3-5-17(13)26-6-8-27(9-7-26)30(28,29)16-11-14(18(20,21)22)10-15(12-16)19(23,24)25/h2-5,10-12H,6-9H2,1H3. The molecule has 1 aliphatic rings. The number of sulfonamides is 1. The van der Waals surface area contributed by atoms with E-state index in [4.69, 9.17) is 0 Å². The highest BCUT2D eigenvalue weighted by Crippen LogP contribution is 2.38. The van der Waals surface area contributed by atoms with Crippen LogP contribution in [0.15, 0.2) is 47.4 Å². The molecule has 0 radical (unpaired) electrons. The van der Waals surface area contributed by atoms with Gasteiger partial charge in [0.05, 0.1) is 16.0 Å². The van der Waals surface area contributed by atoms with Gasteiger partial charge in [0, 0.05) is 31.9 Å². The van der Waals surface area contributed by atoms with Gasteiger partial charge in [0.1, 0.15) is 0 Å². The molecule has 0 N–H and O–H groups in total. The second-order valence-corrected chi connectivity index (χ2v) is 8.86. The highest BCUT2D eigenvalue weighted by molar-refractivity contribution is 7.89. The van der Waals surface area contributed by atoms with E-state index in [2.05, 4.69) is 0 Å². The van der Waals surface area contributed by atoms with Crippen LogP contribution in [-0.4, -0.2) is 38.9 Å². The van der Waals surface area contributed by atoms with Crippen LogP contribution in [-0.2, 0) is 22.4 Å². The lowest BCUT2D eigenvalue weighted by molar-refractivity contribution is -0.143. The average molecular weight is 452 g/mol. The summed E-state index contributed by atoms with van der Waals surface area (Å²) in [5.74, 6) is 0. The third-order valence-corrected chi connectivity index (χ3v) is 6.77. The van der Waals surface area contributed by atoms with E-state index in [0.717, 1.165) is 15.6 Å². The fraction of sp³-hybridized carbons (Fsp3) is 0.368. The molecule has 30 heavy (non-hydrogen) atoms. The van der Waals surface area contributed by atoms with Crippen molar-refractivity contribution in [3.8, 4) is 0 Å². The number of rotatable bonds is 3. The number of alkyl halides is 6. The minimum absolute atomic E-state index is 0.0612. The molecule has 2 aromatic rings. The van der Waals surface area contributed by atoms with Crippen molar-refractivity contribution in [2.75, 3.05) is 31.1 Å². The number of hydrogen-bond acceptors (Lipinski definition) is 3. The van der Waals surface area contributed by atoms with Gasteiger partial charge >= 0.3 is 12.4 Å². The maximum absolute atomic E-state index is 13.1. The van der Waals surface area contributed by atoms with Gasteiger partial charge in [-0.3, -0.25) is 0 Å². The van der Waals surface area contributed by atoms with Crippen LogP contribution in [0.4, 0.5) is 32.0 Å². The second-order valence-electron chi connectivity index (χ2n) is 6.92. The van der Waals surface area contributed by atoms with E-state index in [1.165, 1.54) is 0 Å². The highest BCUT2D eigenvalue weighted by atomic mass is 32.2. The van der Waals surface area contributed by atoms with Crippen LogP contribution in [0.25, 0.3) is 0 Å². The zero-order chi connectivity index (χ0) is 22.3. The van der Waals surface area contributed by atoms with Crippen molar-refractivity contribution in [3.63, 3.8) is 0 Å². The third-order valence-electron chi connectivity index (χ3n) is 4.89. The molecule has 1 fully saturated rings. The molecule has 4 nitrogen and oxygen atoms in total. The zero-order valence-electron chi connectivity index (χ0n) is 15.8. The van der Waals surface area contributed by atoms with Crippen LogP contribution in [0.3, 0.4) is 0 Å². The van der Waals surface area contributed by atoms with Crippen LogP contribution in [0.5, 0.6) is 0 Å². The largest absolute Gasteiger partial charge is 0.416 e. The number of anilines is 1. The number of hydrogen-bond donors (Lipinski definition) is 0. The number of para-hydroxylation sites is 1. The van der Waals surface area contributed by atoms with Gasteiger partial charge in [-0.2, -0.15) is 30.6 Å². The first kappa shape index (κ1) is 22.4. The summed E-state index contributed by atoms with van der Waals surface area (Å²) in [5, 5.41) is 0. The summed E-state index contributed by atoms with van der Waals surface area (Å²) in [4.78, 5) is 0.906. The number of benzene rings is 2. The molecule has 0 aliphatic carbocycles. The summed E-state index contributed by atoms with van der Waals surface area (Å²) in [6.07, 6.45) is -10.2. The quantitative estimate of drug-likeness (QED) is 0.642. The molecular weight excluding hydrogens is 434 g/mol. The van der Waals surface area contributed by atoms with Gasteiger partial charge in [0.2, 0.25) is 10.0 Å². The molecule has 1 aliphatic heterocycles. The van der Waals surface area contributed by atoms with Gasteiger partial charge < -0.3 is 4.90 Å². The van der Waals surface area contributed by atoms with Crippen molar-refractivity contribution >= 4 is 15.7 Å². The minimum Gasteiger partial charge on any atom is -0.369 e. The van der Waals surface area contributed by atoms with E-state index in [0.29, 0.717) is 0 Å². The summed E-state index contributed by atoms with van der Waals surface area (Å²) in [5.41, 5.74) is -1.45. The van der Waals surface area contributed by atoms with Gasteiger partial charge in [0.25, 0.3) is 0 Å². The molecule has 164 valence electrons. The summed E-state index contributed by atoms with van der Waals surface area (Å²) in [6.45, 7) is 2.28. The summed E-state index contributed by atoms with van der Waals surface area (Å²) in [6, 6.07) is 7.84. The monoisotopic (exact) mass is 452 g/mol. The van der Waals surface area contributed by atoms with E-state index in [-0.39, 0.29) is 44.4 Å². The van der Waals surface area contributed by atoms with E-state index in [9.17, 15) is 34.8 Å². The molecule has 0 aromatic heterocycles. The molecule has 0 spiro atoms. The topological polar surface area (TPSA) is 40.6 Å². The molecular formula is C19H18F6N2O2S. The average Bonchev–Trinajstić information content (AvgIpc) is 2.67. The smallest absolute Gasteiger partial charge is 0.369 e. The lowest BCUT2D eigenvalue weighted by atomic mass is 10.1. The van der Waals surface area contributed by atoms with E-state index >= 15 is 0 Å². The van der Waals surface area contributed by atoms with Crippen LogP contribution in [0.2, 0.25) is 0 Å². The molecule has 1 saturated heterocycles. The van der Waals surface area contributed by atoms with Crippen LogP contribution < -0.4 is 4.90 Å². The van der Waals surface area contributed by atoms with Gasteiger partial charge in [-0.25, -0.2) is 8.42 Å². The fourth-order valence-electron chi connectivity index (χ4n) is 3.31. The molecule has 0 atom stereocenters. The predicted octanol–water partition coefficient (Wildman–Crippen LogP) is 4.54. The Morgan fingerprint density at radius 1 is 0.800 bits per heavy atom. The molecule has 11 heteroatoms. The molecule has 0 amide bonds. The normalized spacial score (nSPS) is 16.7. The molecule has 0 bridgehead atoms. The van der Waals surface area contributed by atoms with Gasteiger partial charge in [-0.1, -0.05) is 18.2 Å². The Hall–Kier alpha value is -2.27. The zero-order valence-corrected chi connectivity index (χ0v) is 16.6. The second kappa shape index (κ2) is 7.77. The Bertz CT molecular complexity index is 994. The Morgan fingerprint density at radius 3 is 1.77 bits per heavy atom. The Balaban J connectivity index is 1.90. The molecule has 3 rings (SSSR count). The lowest BCUT2D eigenvalue weighted by Gasteiger charge is -2.36. The number of nitrogens with zero attached hydrogens (tertiary/aromatic N) is 2. The maximum Gasteiger partial charge on any atom is 0.416 e. The number of piperazine rings is 1. The molecule has 2 aromatic carbocycles. The minimum atomic E-state index is -5.12. The van der Waals surface area contributed by atoms with Crippen molar-refractivity contribution in [2.24, 2.45) is 0 Å². The fourth-order valence-corrected chi connectivity index (χ4v) is 4.81. The predicted molar refractivity (Wildman–Crippen MR) is 98.6 cm³/mol. The van der Waals surface area contributed by atoms with Gasteiger partial charge in [-0.15, -0.1) is 0 Å². The number of aryl methyl sites for hydroxylation is 1. The van der Waals surface area contributed by atoms with E-state index in [1.807, 2.05) is 36.1 Å². The summed E-state index contributed by atoms with van der Waals surface area (Å²) < 4.78 is 105. The van der Waals surface area contributed by atoms with E-state index in [1.54, 1.807) is 0 Å². The van der Waals surface area contributed by atoms with Crippen LogP contribution >= 0.6 is 0 Å². The van der Waals surface area contributed by atoms with E-state index < -0.39 is 38.4 Å². The first-order valence-corrected chi connectivity index (χ1v) is 10.3. The third kappa shape index (κ3) is 4.56. The van der Waals surface area contributed by atoms with Crippen molar-refractivity contribution in [1.82, 2.24) is 4.31 Å². The Labute approximate surface area is 169 Å². The number of halogens is 6. The molecule has 0 saturated carbocycles. The highest BCUT2D eigenvalue weighted by Gasteiger charge is 2.39. The first-order chi connectivity index (χ1) is 13.8. The van der Waals surface area contributed by atoms with Crippen LogP contribution in [0, 0.1) is 6.92 Å². The first-order valence-electron chi connectivity index (χ1n) is 8.90. The van der Waals surface area contributed by atoms with Crippen molar-refractivity contribution in [3.05, 3.63) is 59.2 Å². The Morgan fingerprint density at radius 2 is 1.30 bits per heavy atom. The maximum atomic E-state index is 13.1. The SMILES string of the molecule is Cc1ccccc1N1CCN(S(=O)(=O)c2cc(C(F)(F)F)cc(C(F)(F)F)c2)CC1. The van der Waals surface area contributed by atoms with Crippen molar-refractivity contribution < 1.29 is 34.8 Å². The molecule has 0 unspecified atom stereocenters. The van der Waals surface area contributed by atoms with Crippen LogP contribution in [0.1, 0.15) is 16.7 Å².